The van der Waals surface area contributed by atoms with Crippen molar-refractivity contribution in [3.05, 3.63) is 60.2 Å². The highest BCUT2D eigenvalue weighted by atomic mass is 16.5. The molecule has 5 nitrogen and oxygen atoms in total. The first-order chi connectivity index (χ1) is 12.2. The second-order valence-electron chi connectivity index (χ2n) is 5.88. The van der Waals surface area contributed by atoms with Gasteiger partial charge in [-0.2, -0.15) is 0 Å². The second-order valence-corrected chi connectivity index (χ2v) is 5.88. The maximum atomic E-state index is 12.7. The van der Waals surface area contributed by atoms with Gasteiger partial charge < -0.3 is 14.4 Å². The Bertz CT molecular complexity index is 742. The van der Waals surface area contributed by atoms with E-state index in [2.05, 4.69) is 0 Å². The summed E-state index contributed by atoms with van der Waals surface area (Å²) in [5.74, 6) is -0.215. The predicted octanol–water partition coefficient (Wildman–Crippen LogP) is 3.35. The molecule has 0 radical (unpaired) electrons. The van der Waals surface area contributed by atoms with Gasteiger partial charge in [0.25, 0.3) is 0 Å². The van der Waals surface area contributed by atoms with Gasteiger partial charge >= 0.3 is 5.97 Å². The molecule has 0 aliphatic carbocycles. The number of benzene rings is 2. The quantitative estimate of drug-likeness (QED) is 0.784. The lowest BCUT2D eigenvalue weighted by atomic mass is 9.93. The molecule has 1 aliphatic rings. The first kappa shape index (κ1) is 17.0. The van der Waals surface area contributed by atoms with Crippen LogP contribution >= 0.6 is 0 Å². The molecule has 1 heterocycles. The molecule has 2 aromatic carbocycles. The Morgan fingerprint density at radius 3 is 2.40 bits per heavy atom. The highest BCUT2D eigenvalue weighted by molar-refractivity contribution is 6.00. The molecular weight excluding hydrogens is 318 g/mol. The van der Waals surface area contributed by atoms with Crippen molar-refractivity contribution >= 4 is 17.6 Å². The average molecular weight is 339 g/mol. The summed E-state index contributed by atoms with van der Waals surface area (Å²) in [6.45, 7) is 2.07. The lowest BCUT2D eigenvalue weighted by Crippen LogP contribution is -2.31. The zero-order chi connectivity index (χ0) is 17.8. The van der Waals surface area contributed by atoms with Crippen molar-refractivity contribution in [2.75, 3.05) is 18.6 Å². The van der Waals surface area contributed by atoms with Crippen molar-refractivity contribution in [1.82, 2.24) is 0 Å². The minimum atomic E-state index is -0.527. The van der Waals surface area contributed by atoms with Crippen LogP contribution in [0.2, 0.25) is 0 Å². The molecule has 1 amide bonds. The number of anilines is 1. The summed E-state index contributed by atoms with van der Waals surface area (Å²) in [5.41, 5.74) is 1.66. The van der Waals surface area contributed by atoms with E-state index in [0.717, 1.165) is 17.0 Å². The van der Waals surface area contributed by atoms with Gasteiger partial charge in [-0.1, -0.05) is 30.3 Å². The number of esters is 1. The van der Waals surface area contributed by atoms with E-state index in [-0.39, 0.29) is 24.3 Å². The van der Waals surface area contributed by atoms with Gasteiger partial charge in [0, 0.05) is 12.1 Å². The van der Waals surface area contributed by atoms with Gasteiger partial charge in [-0.05, 0) is 36.8 Å². The Kier molecular flexibility index (Phi) is 5.03. The maximum Gasteiger partial charge on any atom is 0.311 e. The summed E-state index contributed by atoms with van der Waals surface area (Å²) in [6.07, 6.45) is 0.143. The number of hydrogen-bond acceptors (Lipinski definition) is 4. The van der Waals surface area contributed by atoms with Crippen LogP contribution in [0, 0.1) is 5.92 Å². The van der Waals surface area contributed by atoms with E-state index < -0.39 is 5.92 Å². The van der Waals surface area contributed by atoms with Gasteiger partial charge in [-0.25, -0.2) is 0 Å². The van der Waals surface area contributed by atoms with Crippen LogP contribution in [0.4, 0.5) is 5.69 Å². The average Bonchev–Trinajstić information content (AvgIpc) is 3.00. The summed E-state index contributed by atoms with van der Waals surface area (Å²) in [4.78, 5) is 26.8. The van der Waals surface area contributed by atoms with E-state index in [0.29, 0.717) is 6.61 Å². The summed E-state index contributed by atoms with van der Waals surface area (Å²) >= 11 is 0. The molecule has 2 aromatic rings. The number of carbonyl (C=O) groups is 2. The topological polar surface area (TPSA) is 55.8 Å². The number of ether oxygens (including phenoxy) is 2. The molecule has 130 valence electrons. The van der Waals surface area contributed by atoms with E-state index in [1.54, 1.807) is 18.9 Å². The van der Waals surface area contributed by atoms with Crippen molar-refractivity contribution in [2.45, 2.75) is 19.4 Å². The van der Waals surface area contributed by atoms with Gasteiger partial charge in [0.15, 0.2) is 0 Å². The molecule has 0 spiro atoms. The van der Waals surface area contributed by atoms with Gasteiger partial charge in [0.1, 0.15) is 5.75 Å². The monoisotopic (exact) mass is 339 g/mol. The van der Waals surface area contributed by atoms with E-state index in [1.807, 2.05) is 54.6 Å². The van der Waals surface area contributed by atoms with Crippen LogP contribution in [0.15, 0.2) is 54.6 Å². The van der Waals surface area contributed by atoms with E-state index in [1.165, 1.54) is 0 Å². The largest absolute Gasteiger partial charge is 0.497 e. The third-order valence-electron chi connectivity index (χ3n) is 4.40. The molecule has 1 saturated heterocycles. The van der Waals surface area contributed by atoms with Crippen molar-refractivity contribution < 1.29 is 19.1 Å². The standard InChI is InChI=1S/C20H21NO4/c1-3-25-20(23)17-13-18(22)21(15-7-5-4-6-8-15)19(17)14-9-11-16(24-2)12-10-14/h4-12,17,19H,3,13H2,1-2H3/t17-,19+/m1/s1. The van der Waals surface area contributed by atoms with Crippen LogP contribution < -0.4 is 9.64 Å². The third kappa shape index (κ3) is 3.36. The molecule has 1 aliphatic heterocycles. The third-order valence-corrected chi connectivity index (χ3v) is 4.40. The van der Waals surface area contributed by atoms with Crippen LogP contribution in [-0.4, -0.2) is 25.6 Å². The lowest BCUT2D eigenvalue weighted by molar-refractivity contribution is -0.148. The van der Waals surface area contributed by atoms with E-state index >= 15 is 0 Å². The van der Waals surface area contributed by atoms with Crippen molar-refractivity contribution in [3.8, 4) is 5.75 Å². The molecule has 25 heavy (non-hydrogen) atoms. The first-order valence-electron chi connectivity index (χ1n) is 8.33. The maximum absolute atomic E-state index is 12.7. The predicted molar refractivity (Wildman–Crippen MR) is 94.4 cm³/mol. The van der Waals surface area contributed by atoms with Gasteiger partial charge in [-0.3, -0.25) is 9.59 Å². The summed E-state index contributed by atoms with van der Waals surface area (Å²) in [5, 5.41) is 0. The summed E-state index contributed by atoms with van der Waals surface area (Å²) in [7, 11) is 1.60. The Balaban J connectivity index is 2.03. The minimum absolute atomic E-state index is 0.0786. The van der Waals surface area contributed by atoms with Crippen molar-refractivity contribution in [3.63, 3.8) is 0 Å². The summed E-state index contributed by atoms with van der Waals surface area (Å²) in [6, 6.07) is 16.5. The second kappa shape index (κ2) is 7.38. The van der Waals surface area contributed by atoms with Crippen molar-refractivity contribution in [2.24, 2.45) is 5.92 Å². The summed E-state index contributed by atoms with van der Waals surface area (Å²) < 4.78 is 10.4. The molecular formula is C20H21NO4. The minimum Gasteiger partial charge on any atom is -0.497 e. The van der Waals surface area contributed by atoms with E-state index in [4.69, 9.17) is 9.47 Å². The number of carbonyl (C=O) groups excluding carboxylic acids is 2. The molecule has 2 atom stereocenters. The Labute approximate surface area is 147 Å². The van der Waals surface area contributed by atoms with Crippen LogP contribution in [0.25, 0.3) is 0 Å². The number of rotatable bonds is 5. The molecule has 0 N–H and O–H groups in total. The molecule has 1 fully saturated rings. The molecule has 0 bridgehead atoms. The normalized spacial score (nSPS) is 19.8. The molecule has 0 aromatic heterocycles. The highest BCUT2D eigenvalue weighted by Crippen LogP contribution is 2.42. The van der Waals surface area contributed by atoms with Gasteiger partial charge in [0.2, 0.25) is 5.91 Å². The van der Waals surface area contributed by atoms with Crippen LogP contribution in [0.5, 0.6) is 5.75 Å². The van der Waals surface area contributed by atoms with Crippen LogP contribution in [0.1, 0.15) is 24.9 Å². The smallest absolute Gasteiger partial charge is 0.311 e. The van der Waals surface area contributed by atoms with Crippen LogP contribution in [-0.2, 0) is 14.3 Å². The Morgan fingerprint density at radius 2 is 1.80 bits per heavy atom. The molecule has 0 unspecified atom stereocenters. The fourth-order valence-electron chi connectivity index (χ4n) is 3.27. The zero-order valence-corrected chi connectivity index (χ0v) is 14.3. The SMILES string of the molecule is CCOC(=O)[C@@H]1CC(=O)N(c2ccccc2)[C@H]1c1ccc(OC)cc1. The lowest BCUT2D eigenvalue weighted by Gasteiger charge is -2.28. The van der Waals surface area contributed by atoms with Crippen LogP contribution in [0.3, 0.4) is 0 Å². The molecule has 3 rings (SSSR count). The molecule has 5 heteroatoms. The number of nitrogens with zero attached hydrogens (tertiary/aromatic N) is 1. The molecule has 0 saturated carbocycles. The fourth-order valence-corrected chi connectivity index (χ4v) is 3.27. The fraction of sp³-hybridized carbons (Fsp3) is 0.300. The van der Waals surface area contributed by atoms with Gasteiger partial charge in [0.05, 0.1) is 25.7 Å². The Hall–Kier alpha value is -2.82. The van der Waals surface area contributed by atoms with E-state index in [9.17, 15) is 9.59 Å². The first-order valence-corrected chi connectivity index (χ1v) is 8.33. The highest BCUT2D eigenvalue weighted by Gasteiger charge is 2.46. The Morgan fingerprint density at radius 1 is 1.12 bits per heavy atom. The number of amides is 1. The van der Waals surface area contributed by atoms with Gasteiger partial charge in [-0.15, -0.1) is 0 Å². The zero-order valence-electron chi connectivity index (χ0n) is 14.3. The number of hydrogen-bond donors (Lipinski definition) is 0. The number of para-hydroxylation sites is 1. The number of methoxy groups -OCH3 is 1. The van der Waals surface area contributed by atoms with Crippen molar-refractivity contribution in [1.29, 1.82) is 0 Å².